The van der Waals surface area contributed by atoms with Gasteiger partial charge in [0.2, 0.25) is 0 Å². The smallest absolute Gasteiger partial charge is 0.340 e. The number of nitrogens with zero attached hydrogens (tertiary/aromatic N) is 1. The van der Waals surface area contributed by atoms with Gasteiger partial charge in [-0.05, 0) is 18.2 Å². The van der Waals surface area contributed by atoms with E-state index >= 15 is 0 Å². The van der Waals surface area contributed by atoms with Crippen molar-refractivity contribution in [3.05, 3.63) is 42.0 Å². The van der Waals surface area contributed by atoms with Gasteiger partial charge in [0.25, 0.3) is 10.0 Å². The number of methoxy groups -OCH3 is 1. The molecule has 2 rings (SSSR count). The molecule has 2 N–H and O–H groups in total. The number of benzene rings is 1. The van der Waals surface area contributed by atoms with E-state index in [4.69, 9.17) is 0 Å². The molecule has 0 saturated carbocycles. The Morgan fingerprint density at radius 1 is 1.45 bits per heavy atom. The molecule has 0 spiro atoms. The highest BCUT2D eigenvalue weighted by molar-refractivity contribution is 7.92. The number of hydrogen-bond acceptors (Lipinski definition) is 5. The lowest BCUT2D eigenvalue weighted by Crippen LogP contribution is -2.13. The van der Waals surface area contributed by atoms with Crippen molar-refractivity contribution in [2.75, 3.05) is 11.8 Å². The summed E-state index contributed by atoms with van der Waals surface area (Å²) in [5, 5.41) is 5.89. The van der Waals surface area contributed by atoms with Crippen LogP contribution in [0.15, 0.2) is 35.5 Å². The van der Waals surface area contributed by atoms with E-state index in [-0.39, 0.29) is 16.1 Å². The van der Waals surface area contributed by atoms with Crippen LogP contribution in [-0.4, -0.2) is 31.7 Å². The first-order chi connectivity index (χ1) is 9.44. The number of ether oxygens (including phenoxy) is 1. The summed E-state index contributed by atoms with van der Waals surface area (Å²) >= 11 is 0. The van der Waals surface area contributed by atoms with E-state index in [1.54, 1.807) is 0 Å². The largest absolute Gasteiger partial charge is 0.465 e. The minimum Gasteiger partial charge on any atom is -0.465 e. The van der Waals surface area contributed by atoms with E-state index < -0.39 is 21.8 Å². The monoisotopic (exact) mass is 299 g/mol. The van der Waals surface area contributed by atoms with E-state index in [1.807, 2.05) is 0 Å². The second kappa shape index (κ2) is 5.29. The Kier molecular flexibility index (Phi) is 3.70. The molecule has 0 amide bonds. The number of sulfonamides is 1. The van der Waals surface area contributed by atoms with Gasteiger partial charge in [-0.3, -0.25) is 9.82 Å². The first kappa shape index (κ1) is 14.0. The molecule has 20 heavy (non-hydrogen) atoms. The molecule has 9 heteroatoms. The summed E-state index contributed by atoms with van der Waals surface area (Å²) < 4.78 is 43.9. The van der Waals surface area contributed by atoms with Crippen LogP contribution < -0.4 is 4.72 Å². The molecule has 7 nitrogen and oxygen atoms in total. The van der Waals surface area contributed by atoms with Crippen LogP contribution in [0.25, 0.3) is 0 Å². The number of rotatable bonds is 4. The highest BCUT2D eigenvalue weighted by Crippen LogP contribution is 2.19. The number of halogens is 1. The van der Waals surface area contributed by atoms with Crippen LogP contribution in [0.1, 0.15) is 10.4 Å². The number of H-pyrrole nitrogens is 1. The second-order valence-electron chi connectivity index (χ2n) is 3.73. The third kappa shape index (κ3) is 2.77. The van der Waals surface area contributed by atoms with Gasteiger partial charge in [-0.2, -0.15) is 5.10 Å². The van der Waals surface area contributed by atoms with E-state index in [9.17, 15) is 17.6 Å². The number of anilines is 1. The fourth-order valence-corrected chi connectivity index (χ4v) is 2.41. The Bertz CT molecular complexity index is 728. The molecule has 1 aromatic heterocycles. The topological polar surface area (TPSA) is 101 Å². The molecule has 0 unspecified atom stereocenters. The molecule has 2 aromatic rings. The van der Waals surface area contributed by atoms with Gasteiger partial charge >= 0.3 is 5.97 Å². The van der Waals surface area contributed by atoms with Gasteiger partial charge in [-0.1, -0.05) is 0 Å². The Balaban J connectivity index is 2.33. The zero-order valence-electron chi connectivity index (χ0n) is 10.3. The SMILES string of the molecule is COC(=O)c1cc(NS(=O)(=O)c2cn[nH]c2)ccc1F. The average molecular weight is 299 g/mol. The Labute approximate surface area is 113 Å². The summed E-state index contributed by atoms with van der Waals surface area (Å²) in [7, 11) is -2.75. The molecule has 0 saturated heterocycles. The summed E-state index contributed by atoms with van der Waals surface area (Å²) in [6, 6.07) is 3.22. The lowest BCUT2D eigenvalue weighted by molar-refractivity contribution is 0.0595. The first-order valence-electron chi connectivity index (χ1n) is 5.33. The van der Waals surface area contributed by atoms with Gasteiger partial charge in [0, 0.05) is 11.9 Å². The first-order valence-corrected chi connectivity index (χ1v) is 6.82. The average Bonchev–Trinajstić information content (AvgIpc) is 2.94. The highest BCUT2D eigenvalue weighted by atomic mass is 32.2. The summed E-state index contributed by atoms with van der Waals surface area (Å²) in [5.41, 5.74) is -0.326. The number of carbonyl (C=O) groups is 1. The number of hydrogen-bond donors (Lipinski definition) is 2. The molecule has 0 aliphatic heterocycles. The van der Waals surface area contributed by atoms with Crippen LogP contribution >= 0.6 is 0 Å². The van der Waals surface area contributed by atoms with Crippen molar-refractivity contribution in [2.45, 2.75) is 4.90 Å². The third-order valence-electron chi connectivity index (χ3n) is 2.41. The summed E-state index contributed by atoms with van der Waals surface area (Å²) in [6.45, 7) is 0. The predicted octanol–water partition coefficient (Wildman–Crippen LogP) is 1.14. The summed E-state index contributed by atoms with van der Waals surface area (Å²) in [5.74, 6) is -1.70. The normalized spacial score (nSPS) is 11.1. The van der Waals surface area contributed by atoms with Crippen LogP contribution in [0.3, 0.4) is 0 Å². The summed E-state index contributed by atoms with van der Waals surface area (Å²) in [6.07, 6.45) is 2.31. The van der Waals surface area contributed by atoms with Crippen molar-refractivity contribution >= 4 is 21.7 Å². The maximum Gasteiger partial charge on any atom is 0.340 e. The molecular weight excluding hydrogens is 289 g/mol. The van der Waals surface area contributed by atoms with Crippen LogP contribution in [-0.2, 0) is 14.8 Å². The molecule has 0 atom stereocenters. The minimum absolute atomic E-state index is 0.0352. The molecular formula is C11H10FN3O4S. The van der Waals surface area contributed by atoms with Crippen LogP contribution in [0.2, 0.25) is 0 Å². The molecule has 0 aliphatic carbocycles. The van der Waals surface area contributed by atoms with Gasteiger partial charge in [-0.15, -0.1) is 0 Å². The van der Waals surface area contributed by atoms with Crippen molar-refractivity contribution in [1.82, 2.24) is 10.2 Å². The van der Waals surface area contributed by atoms with Crippen molar-refractivity contribution in [3.63, 3.8) is 0 Å². The maximum atomic E-state index is 13.4. The molecule has 1 heterocycles. The van der Waals surface area contributed by atoms with E-state index in [0.29, 0.717) is 0 Å². The Morgan fingerprint density at radius 2 is 2.20 bits per heavy atom. The van der Waals surface area contributed by atoms with E-state index in [0.717, 1.165) is 25.4 Å². The maximum absolute atomic E-state index is 13.4. The number of carbonyl (C=O) groups excluding carboxylic acids is 1. The number of nitrogens with one attached hydrogen (secondary N) is 2. The quantitative estimate of drug-likeness (QED) is 0.824. The van der Waals surface area contributed by atoms with E-state index in [2.05, 4.69) is 19.7 Å². The second-order valence-corrected chi connectivity index (χ2v) is 5.41. The number of esters is 1. The lowest BCUT2D eigenvalue weighted by atomic mass is 10.2. The van der Waals surface area contributed by atoms with E-state index in [1.165, 1.54) is 12.3 Å². The molecule has 0 aliphatic rings. The standard InChI is InChI=1S/C11H10FN3O4S/c1-19-11(16)9-4-7(2-3-10(9)12)15-20(17,18)8-5-13-14-6-8/h2-6,15H,1H3,(H,13,14). The molecule has 0 radical (unpaired) electrons. The van der Waals surface area contributed by atoms with Gasteiger partial charge in [0.1, 0.15) is 10.7 Å². The minimum atomic E-state index is -3.85. The van der Waals surface area contributed by atoms with Gasteiger partial charge in [0.05, 0.1) is 18.9 Å². The van der Waals surface area contributed by atoms with Crippen molar-refractivity contribution < 1.29 is 22.3 Å². The summed E-state index contributed by atoms with van der Waals surface area (Å²) in [4.78, 5) is 11.2. The van der Waals surface area contributed by atoms with Gasteiger partial charge in [0.15, 0.2) is 0 Å². The zero-order chi connectivity index (χ0) is 14.8. The Hall–Kier alpha value is -2.42. The van der Waals surface area contributed by atoms with Crippen molar-refractivity contribution in [3.8, 4) is 0 Å². The predicted molar refractivity (Wildman–Crippen MR) is 67.1 cm³/mol. The van der Waals surface area contributed by atoms with Gasteiger partial charge in [-0.25, -0.2) is 17.6 Å². The van der Waals surface area contributed by atoms with Gasteiger partial charge < -0.3 is 4.74 Å². The lowest BCUT2D eigenvalue weighted by Gasteiger charge is -2.08. The number of aromatic nitrogens is 2. The van der Waals surface area contributed by atoms with Crippen molar-refractivity contribution in [2.24, 2.45) is 0 Å². The third-order valence-corrected chi connectivity index (χ3v) is 3.76. The molecule has 1 aromatic carbocycles. The zero-order valence-corrected chi connectivity index (χ0v) is 11.1. The highest BCUT2D eigenvalue weighted by Gasteiger charge is 2.18. The number of aromatic amines is 1. The molecule has 0 bridgehead atoms. The van der Waals surface area contributed by atoms with Crippen LogP contribution in [0, 0.1) is 5.82 Å². The molecule has 0 fully saturated rings. The van der Waals surface area contributed by atoms with Crippen molar-refractivity contribution in [1.29, 1.82) is 0 Å². The molecule has 106 valence electrons. The Morgan fingerprint density at radius 3 is 2.80 bits per heavy atom. The fourth-order valence-electron chi connectivity index (χ4n) is 1.46. The van der Waals surface area contributed by atoms with Crippen LogP contribution in [0.4, 0.5) is 10.1 Å². The van der Waals surface area contributed by atoms with Crippen LogP contribution in [0.5, 0.6) is 0 Å². The fraction of sp³-hybridized carbons (Fsp3) is 0.0909.